The van der Waals surface area contributed by atoms with Gasteiger partial charge in [0.2, 0.25) is 5.91 Å². The normalized spacial score (nSPS) is 10.7. The van der Waals surface area contributed by atoms with E-state index in [1.165, 1.54) is 19.3 Å². The number of benzene rings is 1. The van der Waals surface area contributed by atoms with Gasteiger partial charge in [-0.25, -0.2) is 0 Å². The Kier molecular flexibility index (Phi) is 6.97. The Morgan fingerprint density at radius 2 is 1.89 bits per heavy atom. The first-order chi connectivity index (χ1) is 9.11. The van der Waals surface area contributed by atoms with Crippen LogP contribution in [0.2, 0.25) is 0 Å². The van der Waals surface area contributed by atoms with Crippen LogP contribution in [-0.4, -0.2) is 30.9 Å². The third kappa shape index (κ3) is 6.82. The van der Waals surface area contributed by atoms with Crippen molar-refractivity contribution in [3.63, 3.8) is 0 Å². The molecule has 0 heterocycles. The van der Waals surface area contributed by atoms with E-state index in [-0.39, 0.29) is 5.91 Å². The Labute approximate surface area is 116 Å². The van der Waals surface area contributed by atoms with Crippen molar-refractivity contribution in [3.8, 4) is 0 Å². The second-order valence-corrected chi connectivity index (χ2v) is 4.93. The molecule has 0 saturated carbocycles. The summed E-state index contributed by atoms with van der Waals surface area (Å²) in [5.74, 6) is 0.0483. The summed E-state index contributed by atoms with van der Waals surface area (Å²) in [6.45, 7) is 4.05. The predicted molar refractivity (Wildman–Crippen MR) is 81.1 cm³/mol. The summed E-state index contributed by atoms with van der Waals surface area (Å²) in [6, 6.07) is 7.20. The summed E-state index contributed by atoms with van der Waals surface area (Å²) in [5.41, 5.74) is 7.10. The van der Waals surface area contributed by atoms with Crippen molar-refractivity contribution in [1.29, 1.82) is 0 Å². The van der Waals surface area contributed by atoms with Gasteiger partial charge in [0.05, 0.1) is 0 Å². The summed E-state index contributed by atoms with van der Waals surface area (Å²) in [7, 11) is 2.06. The molecule has 0 spiro atoms. The monoisotopic (exact) mass is 263 g/mol. The molecule has 0 aliphatic carbocycles. The molecule has 106 valence electrons. The molecule has 0 radical (unpaired) electrons. The van der Waals surface area contributed by atoms with Crippen molar-refractivity contribution in [3.05, 3.63) is 24.3 Å². The molecule has 3 N–H and O–H groups in total. The molecule has 1 aromatic rings. The van der Waals surface area contributed by atoms with Crippen LogP contribution in [0.15, 0.2) is 24.3 Å². The number of rotatable bonds is 8. The molecule has 1 amide bonds. The number of nitrogens with one attached hydrogen (secondary N) is 1. The Bertz CT molecular complexity index is 375. The molecule has 0 saturated heterocycles. The summed E-state index contributed by atoms with van der Waals surface area (Å²) >= 11 is 0. The second-order valence-electron chi connectivity index (χ2n) is 4.93. The lowest BCUT2D eigenvalue weighted by Gasteiger charge is -2.16. The third-order valence-corrected chi connectivity index (χ3v) is 3.06. The number of carbonyl (C=O) groups is 1. The number of nitrogen functional groups attached to an aromatic ring is 1. The van der Waals surface area contributed by atoms with Crippen molar-refractivity contribution >= 4 is 17.3 Å². The zero-order valence-electron chi connectivity index (χ0n) is 12.0. The van der Waals surface area contributed by atoms with Gasteiger partial charge >= 0.3 is 0 Å². The van der Waals surface area contributed by atoms with Crippen molar-refractivity contribution in [2.75, 3.05) is 31.2 Å². The number of amides is 1. The van der Waals surface area contributed by atoms with Crippen LogP contribution in [-0.2, 0) is 4.79 Å². The summed E-state index contributed by atoms with van der Waals surface area (Å²) in [5, 5.41) is 2.87. The molecule has 0 bridgehead atoms. The van der Waals surface area contributed by atoms with Crippen LogP contribution >= 0.6 is 0 Å². The lowest BCUT2D eigenvalue weighted by Crippen LogP contribution is -2.25. The number of hydrogen-bond acceptors (Lipinski definition) is 3. The fraction of sp³-hybridized carbons (Fsp3) is 0.533. The molecule has 4 nitrogen and oxygen atoms in total. The van der Waals surface area contributed by atoms with E-state index in [0.29, 0.717) is 12.1 Å². The number of hydrogen-bond donors (Lipinski definition) is 2. The van der Waals surface area contributed by atoms with Crippen LogP contribution in [0.25, 0.3) is 0 Å². The van der Waals surface area contributed by atoms with E-state index >= 15 is 0 Å². The highest BCUT2D eigenvalue weighted by Gasteiger charge is 2.05. The molecule has 0 atom stereocenters. The van der Waals surface area contributed by atoms with Crippen LogP contribution in [0.5, 0.6) is 0 Å². The SMILES string of the molecule is CCCCCN(C)CCC(=O)Nc1ccc(N)cc1. The van der Waals surface area contributed by atoms with Crippen LogP contribution < -0.4 is 11.1 Å². The van der Waals surface area contributed by atoms with Crippen molar-refractivity contribution in [2.45, 2.75) is 32.6 Å². The van der Waals surface area contributed by atoms with E-state index in [1.807, 2.05) is 12.1 Å². The van der Waals surface area contributed by atoms with Crippen molar-refractivity contribution < 1.29 is 4.79 Å². The zero-order chi connectivity index (χ0) is 14.1. The molecule has 0 aliphatic rings. The van der Waals surface area contributed by atoms with Gasteiger partial charge < -0.3 is 16.0 Å². The molecule has 0 aromatic heterocycles. The van der Waals surface area contributed by atoms with Crippen molar-refractivity contribution in [2.24, 2.45) is 0 Å². The van der Waals surface area contributed by atoms with Crippen LogP contribution in [0.1, 0.15) is 32.6 Å². The number of unbranched alkanes of at least 4 members (excludes halogenated alkanes) is 2. The molecule has 1 aromatic carbocycles. The topological polar surface area (TPSA) is 58.4 Å². The highest BCUT2D eigenvalue weighted by atomic mass is 16.1. The smallest absolute Gasteiger partial charge is 0.225 e. The minimum atomic E-state index is 0.0483. The molecular formula is C15H25N3O. The van der Waals surface area contributed by atoms with Gasteiger partial charge in [0.15, 0.2) is 0 Å². The fourth-order valence-corrected chi connectivity index (χ4v) is 1.83. The maximum absolute atomic E-state index is 11.8. The average molecular weight is 263 g/mol. The van der Waals surface area contributed by atoms with Gasteiger partial charge in [-0.2, -0.15) is 0 Å². The zero-order valence-corrected chi connectivity index (χ0v) is 12.0. The minimum Gasteiger partial charge on any atom is -0.399 e. The molecule has 19 heavy (non-hydrogen) atoms. The van der Waals surface area contributed by atoms with Gasteiger partial charge in [-0.1, -0.05) is 19.8 Å². The number of nitrogens with two attached hydrogens (primary N) is 1. The van der Waals surface area contributed by atoms with E-state index in [0.717, 1.165) is 18.8 Å². The molecule has 4 heteroatoms. The van der Waals surface area contributed by atoms with E-state index in [1.54, 1.807) is 12.1 Å². The van der Waals surface area contributed by atoms with Crippen LogP contribution in [0.4, 0.5) is 11.4 Å². The molecule has 1 rings (SSSR count). The average Bonchev–Trinajstić information content (AvgIpc) is 2.39. The van der Waals surface area contributed by atoms with Crippen LogP contribution in [0.3, 0.4) is 0 Å². The van der Waals surface area contributed by atoms with E-state index in [4.69, 9.17) is 5.73 Å². The van der Waals surface area contributed by atoms with Gasteiger partial charge in [-0.15, -0.1) is 0 Å². The Hall–Kier alpha value is -1.55. The van der Waals surface area contributed by atoms with Gasteiger partial charge in [-0.05, 0) is 44.3 Å². The molecule has 0 fully saturated rings. The predicted octanol–water partition coefficient (Wildman–Crippen LogP) is 2.72. The standard InChI is InChI=1S/C15H25N3O/c1-3-4-5-11-18(2)12-10-15(19)17-14-8-6-13(16)7-9-14/h6-9H,3-5,10-12,16H2,1-2H3,(H,17,19). The highest BCUT2D eigenvalue weighted by molar-refractivity contribution is 5.90. The third-order valence-electron chi connectivity index (χ3n) is 3.06. The highest BCUT2D eigenvalue weighted by Crippen LogP contribution is 2.10. The van der Waals surface area contributed by atoms with Gasteiger partial charge in [0, 0.05) is 24.3 Å². The lowest BCUT2D eigenvalue weighted by molar-refractivity contribution is -0.116. The summed E-state index contributed by atoms with van der Waals surface area (Å²) in [4.78, 5) is 14.0. The first-order valence-electron chi connectivity index (χ1n) is 6.95. The van der Waals surface area contributed by atoms with Gasteiger partial charge in [0.25, 0.3) is 0 Å². The number of carbonyl (C=O) groups excluding carboxylic acids is 1. The Balaban J connectivity index is 2.22. The largest absolute Gasteiger partial charge is 0.399 e. The minimum absolute atomic E-state index is 0.0483. The van der Waals surface area contributed by atoms with Crippen molar-refractivity contribution in [1.82, 2.24) is 4.90 Å². The van der Waals surface area contributed by atoms with E-state index in [2.05, 4.69) is 24.2 Å². The van der Waals surface area contributed by atoms with E-state index < -0.39 is 0 Å². The Morgan fingerprint density at radius 1 is 1.21 bits per heavy atom. The fourth-order valence-electron chi connectivity index (χ4n) is 1.83. The summed E-state index contributed by atoms with van der Waals surface area (Å²) < 4.78 is 0. The van der Waals surface area contributed by atoms with Gasteiger partial charge in [-0.3, -0.25) is 4.79 Å². The van der Waals surface area contributed by atoms with E-state index in [9.17, 15) is 4.79 Å². The van der Waals surface area contributed by atoms with Gasteiger partial charge in [0.1, 0.15) is 0 Å². The lowest BCUT2D eigenvalue weighted by atomic mass is 10.2. The number of anilines is 2. The first kappa shape index (κ1) is 15.5. The second kappa shape index (κ2) is 8.53. The quantitative estimate of drug-likeness (QED) is 0.560. The van der Waals surface area contributed by atoms with Crippen LogP contribution in [0, 0.1) is 0 Å². The molecular weight excluding hydrogens is 238 g/mol. The molecule has 0 aliphatic heterocycles. The maximum Gasteiger partial charge on any atom is 0.225 e. The summed E-state index contributed by atoms with van der Waals surface area (Å²) in [6.07, 6.45) is 4.20. The Morgan fingerprint density at radius 3 is 2.53 bits per heavy atom. The maximum atomic E-state index is 11.8. The molecule has 0 unspecified atom stereocenters. The number of nitrogens with zero attached hydrogens (tertiary/aromatic N) is 1. The first-order valence-corrected chi connectivity index (χ1v) is 6.95.